The van der Waals surface area contributed by atoms with Crippen molar-refractivity contribution in [3.8, 4) is 0 Å². The highest BCUT2D eigenvalue weighted by Gasteiger charge is 2.27. The van der Waals surface area contributed by atoms with Crippen molar-refractivity contribution in [2.75, 3.05) is 13.7 Å². The molecule has 0 aromatic heterocycles. The van der Waals surface area contributed by atoms with Crippen LogP contribution in [0.3, 0.4) is 0 Å². The van der Waals surface area contributed by atoms with Crippen molar-refractivity contribution in [1.82, 2.24) is 10.6 Å². The zero-order valence-electron chi connectivity index (χ0n) is 13.5. The van der Waals surface area contributed by atoms with Gasteiger partial charge >= 0.3 is 0 Å². The van der Waals surface area contributed by atoms with Crippen LogP contribution in [0.15, 0.2) is 0 Å². The average molecular weight is 286 g/mol. The van der Waals surface area contributed by atoms with Crippen LogP contribution in [0.1, 0.15) is 53.4 Å². The highest BCUT2D eigenvalue weighted by Crippen LogP contribution is 2.25. The van der Waals surface area contributed by atoms with Gasteiger partial charge < -0.3 is 15.4 Å². The molecule has 0 spiro atoms. The SMILES string of the molecule is CC.CNC(=O)C(NC(C)=O)C(C)OCC1CCCC1. The number of carbonyl (C=O) groups excluding carboxylic acids is 2. The van der Waals surface area contributed by atoms with Crippen LogP contribution in [-0.4, -0.2) is 37.6 Å². The lowest BCUT2D eigenvalue weighted by Gasteiger charge is -2.24. The Morgan fingerprint density at radius 3 is 2.25 bits per heavy atom. The van der Waals surface area contributed by atoms with E-state index in [1.807, 2.05) is 20.8 Å². The van der Waals surface area contributed by atoms with E-state index < -0.39 is 6.04 Å². The van der Waals surface area contributed by atoms with Gasteiger partial charge in [-0.05, 0) is 25.7 Å². The van der Waals surface area contributed by atoms with Crippen LogP contribution in [0.5, 0.6) is 0 Å². The molecule has 5 nitrogen and oxygen atoms in total. The van der Waals surface area contributed by atoms with E-state index >= 15 is 0 Å². The van der Waals surface area contributed by atoms with E-state index in [0.717, 1.165) is 0 Å². The van der Waals surface area contributed by atoms with Crippen molar-refractivity contribution in [3.05, 3.63) is 0 Å². The normalized spacial score (nSPS) is 17.6. The summed E-state index contributed by atoms with van der Waals surface area (Å²) in [7, 11) is 1.56. The fourth-order valence-electron chi connectivity index (χ4n) is 2.33. The minimum Gasteiger partial charge on any atom is -0.376 e. The third kappa shape index (κ3) is 6.89. The summed E-state index contributed by atoms with van der Waals surface area (Å²) >= 11 is 0. The highest BCUT2D eigenvalue weighted by molar-refractivity contribution is 5.87. The summed E-state index contributed by atoms with van der Waals surface area (Å²) in [6.07, 6.45) is 4.64. The van der Waals surface area contributed by atoms with Gasteiger partial charge in [-0.15, -0.1) is 0 Å². The van der Waals surface area contributed by atoms with E-state index in [4.69, 9.17) is 4.74 Å². The summed E-state index contributed by atoms with van der Waals surface area (Å²) in [5.74, 6) is 0.166. The molecule has 2 amide bonds. The fraction of sp³-hybridized carbons (Fsp3) is 0.867. The third-order valence-corrected chi connectivity index (χ3v) is 3.43. The monoisotopic (exact) mass is 286 g/mol. The molecule has 5 heteroatoms. The first-order chi connectivity index (χ1) is 9.54. The predicted molar refractivity (Wildman–Crippen MR) is 80.4 cm³/mol. The quantitative estimate of drug-likeness (QED) is 0.783. The highest BCUT2D eigenvalue weighted by atomic mass is 16.5. The first-order valence-electron chi connectivity index (χ1n) is 7.65. The van der Waals surface area contributed by atoms with E-state index in [0.29, 0.717) is 12.5 Å². The summed E-state index contributed by atoms with van der Waals surface area (Å²) < 4.78 is 5.74. The van der Waals surface area contributed by atoms with Crippen molar-refractivity contribution in [1.29, 1.82) is 0 Å². The van der Waals surface area contributed by atoms with Gasteiger partial charge in [-0.1, -0.05) is 26.7 Å². The van der Waals surface area contributed by atoms with Crippen LogP contribution in [0.25, 0.3) is 0 Å². The van der Waals surface area contributed by atoms with Crippen LogP contribution in [0.4, 0.5) is 0 Å². The molecule has 0 radical (unpaired) electrons. The summed E-state index contributed by atoms with van der Waals surface area (Å²) in [6, 6.07) is -0.617. The molecule has 0 aliphatic heterocycles. The topological polar surface area (TPSA) is 67.4 Å². The van der Waals surface area contributed by atoms with Crippen molar-refractivity contribution < 1.29 is 14.3 Å². The first kappa shape index (κ1) is 18.9. The maximum Gasteiger partial charge on any atom is 0.245 e. The van der Waals surface area contributed by atoms with E-state index in [2.05, 4.69) is 10.6 Å². The molecule has 2 atom stereocenters. The number of hydrogen-bond donors (Lipinski definition) is 2. The van der Waals surface area contributed by atoms with E-state index in [1.165, 1.54) is 32.6 Å². The Balaban J connectivity index is 0.00000172. The van der Waals surface area contributed by atoms with Crippen LogP contribution in [0.2, 0.25) is 0 Å². The molecule has 0 aromatic carbocycles. The predicted octanol–water partition coefficient (Wildman–Crippen LogP) is 1.86. The van der Waals surface area contributed by atoms with Gasteiger partial charge in [0, 0.05) is 20.6 Å². The van der Waals surface area contributed by atoms with Crippen molar-refractivity contribution in [2.24, 2.45) is 5.92 Å². The maximum atomic E-state index is 11.7. The molecule has 118 valence electrons. The minimum atomic E-state index is -0.617. The molecule has 0 aromatic rings. The molecular weight excluding hydrogens is 256 g/mol. The lowest BCUT2D eigenvalue weighted by molar-refractivity contribution is -0.132. The summed E-state index contributed by atoms with van der Waals surface area (Å²) in [5, 5.41) is 5.18. The van der Waals surface area contributed by atoms with Crippen LogP contribution in [-0.2, 0) is 14.3 Å². The summed E-state index contributed by atoms with van der Waals surface area (Å²) in [5.41, 5.74) is 0. The molecule has 2 N–H and O–H groups in total. The van der Waals surface area contributed by atoms with Crippen LogP contribution in [0, 0.1) is 5.92 Å². The first-order valence-corrected chi connectivity index (χ1v) is 7.65. The van der Waals surface area contributed by atoms with Crippen molar-refractivity contribution in [3.63, 3.8) is 0 Å². The van der Waals surface area contributed by atoms with Gasteiger partial charge in [0.15, 0.2) is 0 Å². The average Bonchev–Trinajstić information content (AvgIpc) is 2.96. The Hall–Kier alpha value is -1.10. The van der Waals surface area contributed by atoms with Gasteiger partial charge in [0.2, 0.25) is 11.8 Å². The van der Waals surface area contributed by atoms with Gasteiger partial charge in [-0.2, -0.15) is 0 Å². The zero-order chi connectivity index (χ0) is 15.5. The molecule has 1 rings (SSSR count). The van der Waals surface area contributed by atoms with Crippen molar-refractivity contribution in [2.45, 2.75) is 65.5 Å². The Bertz CT molecular complexity index is 289. The number of rotatable bonds is 6. The van der Waals surface area contributed by atoms with Crippen molar-refractivity contribution >= 4 is 11.8 Å². The lowest BCUT2D eigenvalue weighted by Crippen LogP contribution is -2.52. The van der Waals surface area contributed by atoms with Gasteiger partial charge in [-0.3, -0.25) is 9.59 Å². The summed E-state index contributed by atoms with van der Waals surface area (Å²) in [6.45, 7) is 7.90. The molecule has 1 saturated carbocycles. The molecule has 2 unspecified atom stereocenters. The Labute approximate surface area is 122 Å². The zero-order valence-corrected chi connectivity index (χ0v) is 13.5. The maximum absolute atomic E-state index is 11.7. The Morgan fingerprint density at radius 1 is 1.25 bits per heavy atom. The van der Waals surface area contributed by atoms with Gasteiger partial charge in [0.1, 0.15) is 6.04 Å². The largest absolute Gasteiger partial charge is 0.376 e. The number of carbonyl (C=O) groups is 2. The van der Waals surface area contributed by atoms with Crippen LogP contribution >= 0.6 is 0 Å². The number of hydrogen-bond acceptors (Lipinski definition) is 3. The molecule has 1 aliphatic carbocycles. The van der Waals surface area contributed by atoms with Gasteiger partial charge in [0.05, 0.1) is 6.10 Å². The minimum absolute atomic E-state index is 0.218. The third-order valence-electron chi connectivity index (χ3n) is 3.43. The Kier molecular flexibility index (Phi) is 10.1. The Morgan fingerprint density at radius 2 is 1.80 bits per heavy atom. The number of likely N-dealkylation sites (N-methyl/N-ethyl adjacent to an activating group) is 1. The lowest BCUT2D eigenvalue weighted by atomic mass is 10.1. The summed E-state index contributed by atoms with van der Waals surface area (Å²) in [4.78, 5) is 22.8. The molecule has 0 heterocycles. The molecule has 1 aliphatic rings. The second-order valence-corrected chi connectivity index (χ2v) is 4.98. The van der Waals surface area contributed by atoms with Crippen LogP contribution < -0.4 is 10.6 Å². The molecular formula is C15H30N2O3. The van der Waals surface area contributed by atoms with E-state index in [1.54, 1.807) is 7.05 Å². The molecule has 0 saturated heterocycles. The standard InChI is InChI=1S/C13H24N2O3.C2H6/c1-9(18-8-11-6-4-5-7-11)12(13(17)14-3)15-10(2)16;1-2/h9,11-12H,4-8H2,1-3H3,(H,14,17)(H,15,16);1-2H3. The van der Waals surface area contributed by atoms with E-state index in [9.17, 15) is 9.59 Å². The second kappa shape index (κ2) is 10.7. The number of amides is 2. The number of nitrogens with one attached hydrogen (secondary N) is 2. The smallest absolute Gasteiger partial charge is 0.245 e. The fourth-order valence-corrected chi connectivity index (χ4v) is 2.33. The second-order valence-electron chi connectivity index (χ2n) is 4.98. The van der Waals surface area contributed by atoms with Gasteiger partial charge in [0.25, 0.3) is 0 Å². The molecule has 1 fully saturated rings. The number of ether oxygens (including phenoxy) is 1. The molecule has 0 bridgehead atoms. The van der Waals surface area contributed by atoms with E-state index in [-0.39, 0.29) is 17.9 Å². The van der Waals surface area contributed by atoms with Gasteiger partial charge in [-0.25, -0.2) is 0 Å². The molecule has 20 heavy (non-hydrogen) atoms.